The molecule has 0 unspecified atom stereocenters. The van der Waals surface area contributed by atoms with Gasteiger partial charge in [0.1, 0.15) is 5.78 Å². The highest BCUT2D eigenvalue weighted by Gasteiger charge is 2.45. The van der Waals surface area contributed by atoms with Gasteiger partial charge < -0.3 is 5.11 Å². The van der Waals surface area contributed by atoms with E-state index in [1.54, 1.807) is 13.8 Å². The largest absolute Gasteiger partial charge is 0.388 e. The fourth-order valence-corrected chi connectivity index (χ4v) is 1.67. The van der Waals surface area contributed by atoms with E-state index in [-0.39, 0.29) is 5.78 Å². The molecule has 0 amide bonds. The summed E-state index contributed by atoms with van der Waals surface area (Å²) in [6.07, 6.45) is 1.65. The summed E-state index contributed by atoms with van der Waals surface area (Å²) in [7, 11) is 0. The SMILES string of the molecule is CC(C)(C#N)C1(O)CCC(=O)CC1. The molecule has 0 aromatic rings. The van der Waals surface area contributed by atoms with Crippen LogP contribution in [0.25, 0.3) is 0 Å². The number of nitrogens with zero attached hydrogens (tertiary/aromatic N) is 1. The molecule has 3 nitrogen and oxygen atoms in total. The highest BCUT2D eigenvalue weighted by atomic mass is 16.3. The molecular weight excluding hydrogens is 166 g/mol. The number of rotatable bonds is 1. The summed E-state index contributed by atoms with van der Waals surface area (Å²) >= 11 is 0. The maximum Gasteiger partial charge on any atom is 0.133 e. The van der Waals surface area contributed by atoms with Gasteiger partial charge in [-0.2, -0.15) is 5.26 Å². The zero-order valence-electron chi connectivity index (χ0n) is 8.13. The molecule has 1 aliphatic carbocycles. The van der Waals surface area contributed by atoms with E-state index in [0.717, 1.165) is 0 Å². The van der Waals surface area contributed by atoms with E-state index in [0.29, 0.717) is 25.7 Å². The van der Waals surface area contributed by atoms with Crippen LogP contribution >= 0.6 is 0 Å². The number of nitriles is 1. The Balaban J connectivity index is 2.79. The number of carbonyl (C=O) groups excluding carboxylic acids is 1. The Kier molecular flexibility index (Phi) is 2.44. The second-order valence-corrected chi connectivity index (χ2v) is 4.31. The molecule has 13 heavy (non-hydrogen) atoms. The molecule has 0 aromatic carbocycles. The first kappa shape index (κ1) is 10.2. The van der Waals surface area contributed by atoms with Gasteiger partial charge in [-0.3, -0.25) is 4.79 Å². The molecular formula is C10H15NO2. The van der Waals surface area contributed by atoms with Gasteiger partial charge in [0.25, 0.3) is 0 Å². The number of hydrogen-bond donors (Lipinski definition) is 1. The second-order valence-electron chi connectivity index (χ2n) is 4.31. The van der Waals surface area contributed by atoms with Crippen LogP contribution in [0.4, 0.5) is 0 Å². The molecule has 0 atom stereocenters. The summed E-state index contributed by atoms with van der Waals surface area (Å²) in [5.41, 5.74) is -1.73. The van der Waals surface area contributed by atoms with Gasteiger partial charge in [-0.05, 0) is 26.7 Å². The smallest absolute Gasteiger partial charge is 0.133 e. The lowest BCUT2D eigenvalue weighted by molar-refractivity contribution is -0.130. The summed E-state index contributed by atoms with van der Waals surface area (Å²) in [4.78, 5) is 11.0. The fourth-order valence-electron chi connectivity index (χ4n) is 1.67. The molecule has 1 N–H and O–H groups in total. The summed E-state index contributed by atoms with van der Waals surface area (Å²) in [5.74, 6) is 0.193. The van der Waals surface area contributed by atoms with Crippen molar-refractivity contribution in [2.24, 2.45) is 5.41 Å². The van der Waals surface area contributed by atoms with E-state index < -0.39 is 11.0 Å². The number of carbonyl (C=O) groups is 1. The third-order valence-corrected chi connectivity index (χ3v) is 3.08. The van der Waals surface area contributed by atoms with E-state index >= 15 is 0 Å². The lowest BCUT2D eigenvalue weighted by atomic mass is 9.68. The Bertz CT molecular complexity index is 253. The molecule has 0 radical (unpaired) electrons. The number of ketones is 1. The van der Waals surface area contributed by atoms with Crippen molar-refractivity contribution in [1.82, 2.24) is 0 Å². The monoisotopic (exact) mass is 181 g/mol. The molecule has 0 heterocycles. The van der Waals surface area contributed by atoms with Crippen molar-refractivity contribution in [3.8, 4) is 6.07 Å². The maximum absolute atomic E-state index is 11.0. The Hall–Kier alpha value is -0.880. The zero-order chi connectivity index (χ0) is 10.1. The minimum Gasteiger partial charge on any atom is -0.388 e. The number of hydrogen-bond acceptors (Lipinski definition) is 3. The molecule has 0 saturated heterocycles. The summed E-state index contributed by atoms with van der Waals surface area (Å²) in [6, 6.07) is 2.11. The van der Waals surface area contributed by atoms with Gasteiger partial charge in [-0.1, -0.05) is 0 Å². The van der Waals surface area contributed by atoms with Gasteiger partial charge in [-0.15, -0.1) is 0 Å². The van der Waals surface area contributed by atoms with Crippen molar-refractivity contribution >= 4 is 5.78 Å². The van der Waals surface area contributed by atoms with Crippen molar-refractivity contribution in [1.29, 1.82) is 5.26 Å². The lowest BCUT2D eigenvalue weighted by Gasteiger charge is -2.40. The van der Waals surface area contributed by atoms with Crippen molar-refractivity contribution in [3.05, 3.63) is 0 Å². The minimum atomic E-state index is -0.977. The molecule has 0 spiro atoms. The first-order valence-corrected chi connectivity index (χ1v) is 4.57. The Labute approximate surface area is 78.4 Å². The second kappa shape index (κ2) is 3.12. The van der Waals surface area contributed by atoms with Crippen LogP contribution in [0.5, 0.6) is 0 Å². The van der Waals surface area contributed by atoms with E-state index in [4.69, 9.17) is 5.26 Å². The standard InChI is InChI=1S/C10H15NO2/c1-9(2,7-11)10(13)5-3-8(12)4-6-10/h13H,3-6H2,1-2H3. The Morgan fingerprint density at radius 1 is 1.46 bits per heavy atom. The van der Waals surface area contributed by atoms with Crippen LogP contribution in [0.2, 0.25) is 0 Å². The molecule has 1 fully saturated rings. The van der Waals surface area contributed by atoms with E-state index in [1.807, 2.05) is 0 Å². The first-order chi connectivity index (χ1) is 5.91. The molecule has 1 saturated carbocycles. The van der Waals surface area contributed by atoms with Gasteiger partial charge in [-0.25, -0.2) is 0 Å². The zero-order valence-corrected chi connectivity index (χ0v) is 8.13. The lowest BCUT2D eigenvalue weighted by Crippen LogP contribution is -2.46. The van der Waals surface area contributed by atoms with E-state index in [1.165, 1.54) is 0 Å². The van der Waals surface area contributed by atoms with Crippen LogP contribution in [0.1, 0.15) is 39.5 Å². The van der Waals surface area contributed by atoms with Crippen LogP contribution in [0.3, 0.4) is 0 Å². The van der Waals surface area contributed by atoms with Gasteiger partial charge in [0.2, 0.25) is 0 Å². The average molecular weight is 181 g/mol. The van der Waals surface area contributed by atoms with Gasteiger partial charge in [0.05, 0.1) is 17.1 Å². The molecule has 1 aliphatic rings. The Morgan fingerprint density at radius 2 is 1.92 bits per heavy atom. The normalized spacial score (nSPS) is 22.5. The minimum absolute atomic E-state index is 0.193. The van der Waals surface area contributed by atoms with Gasteiger partial charge in [0, 0.05) is 12.8 Å². The van der Waals surface area contributed by atoms with Crippen molar-refractivity contribution < 1.29 is 9.90 Å². The fraction of sp³-hybridized carbons (Fsp3) is 0.800. The molecule has 0 aliphatic heterocycles. The van der Waals surface area contributed by atoms with Crippen molar-refractivity contribution in [2.45, 2.75) is 45.1 Å². The maximum atomic E-state index is 11.0. The Morgan fingerprint density at radius 3 is 2.31 bits per heavy atom. The van der Waals surface area contributed by atoms with Gasteiger partial charge >= 0.3 is 0 Å². The van der Waals surface area contributed by atoms with Crippen molar-refractivity contribution in [2.75, 3.05) is 0 Å². The van der Waals surface area contributed by atoms with Crippen LogP contribution in [0.15, 0.2) is 0 Å². The molecule has 3 heteroatoms. The quantitative estimate of drug-likeness (QED) is 0.665. The van der Waals surface area contributed by atoms with Crippen LogP contribution in [-0.2, 0) is 4.79 Å². The summed E-state index contributed by atoms with van der Waals surface area (Å²) in [6.45, 7) is 3.45. The number of Topliss-reactive ketones (excluding diaryl/α,β-unsaturated/α-hetero) is 1. The molecule has 1 rings (SSSR count). The summed E-state index contributed by atoms with van der Waals surface area (Å²) in [5, 5.41) is 19.0. The van der Waals surface area contributed by atoms with E-state index in [9.17, 15) is 9.90 Å². The third-order valence-electron chi connectivity index (χ3n) is 3.08. The topological polar surface area (TPSA) is 61.1 Å². The van der Waals surface area contributed by atoms with Crippen molar-refractivity contribution in [3.63, 3.8) is 0 Å². The van der Waals surface area contributed by atoms with Crippen LogP contribution in [-0.4, -0.2) is 16.5 Å². The predicted molar refractivity (Wildman–Crippen MR) is 47.8 cm³/mol. The molecule has 0 aromatic heterocycles. The highest BCUT2D eigenvalue weighted by Crippen LogP contribution is 2.40. The summed E-state index contributed by atoms with van der Waals surface area (Å²) < 4.78 is 0. The molecule has 0 bridgehead atoms. The number of aliphatic hydroxyl groups is 1. The average Bonchev–Trinajstić information content (AvgIpc) is 2.10. The van der Waals surface area contributed by atoms with E-state index in [2.05, 4.69) is 6.07 Å². The van der Waals surface area contributed by atoms with Gasteiger partial charge in [0.15, 0.2) is 0 Å². The predicted octanol–water partition coefficient (Wildman–Crippen LogP) is 1.41. The first-order valence-electron chi connectivity index (χ1n) is 4.57. The van der Waals surface area contributed by atoms with Crippen LogP contribution in [0, 0.1) is 16.7 Å². The highest BCUT2D eigenvalue weighted by molar-refractivity contribution is 5.79. The molecule has 72 valence electrons. The third kappa shape index (κ3) is 1.73. The van der Waals surface area contributed by atoms with Crippen LogP contribution < -0.4 is 0 Å².